The van der Waals surface area contributed by atoms with E-state index in [4.69, 9.17) is 0 Å². The standard InChI is InChI=1S/C17H26F3N3O2S/c1-13(2)11-14-3-5-15(6-4-14)26(24,25)22-12-16(17(18,19)20)23-9-7-21-8-10-23/h3-6,13,16,21-22H,7-12H2,1-2H3. The van der Waals surface area contributed by atoms with Crippen LogP contribution in [0.15, 0.2) is 29.2 Å². The van der Waals surface area contributed by atoms with Gasteiger partial charge in [0.25, 0.3) is 0 Å². The Balaban J connectivity index is 2.06. The van der Waals surface area contributed by atoms with Gasteiger partial charge in [0.1, 0.15) is 6.04 Å². The first-order chi connectivity index (χ1) is 12.1. The average molecular weight is 393 g/mol. The van der Waals surface area contributed by atoms with E-state index in [0.717, 1.165) is 12.0 Å². The van der Waals surface area contributed by atoms with Crippen molar-refractivity contribution in [1.29, 1.82) is 0 Å². The van der Waals surface area contributed by atoms with Gasteiger partial charge in [0.15, 0.2) is 0 Å². The number of hydrogen-bond donors (Lipinski definition) is 2. The molecule has 1 saturated heterocycles. The molecule has 1 unspecified atom stereocenters. The van der Waals surface area contributed by atoms with Gasteiger partial charge in [0.2, 0.25) is 10.0 Å². The molecule has 0 aromatic heterocycles. The number of alkyl halides is 3. The van der Waals surface area contributed by atoms with Crippen LogP contribution >= 0.6 is 0 Å². The van der Waals surface area contributed by atoms with Crippen molar-refractivity contribution in [3.63, 3.8) is 0 Å². The molecule has 0 bridgehead atoms. The SMILES string of the molecule is CC(C)Cc1ccc(S(=O)(=O)NCC(N2CCNCC2)C(F)(F)F)cc1. The summed E-state index contributed by atoms with van der Waals surface area (Å²) in [7, 11) is -3.99. The first kappa shape index (κ1) is 21.1. The van der Waals surface area contributed by atoms with Gasteiger partial charge in [-0.15, -0.1) is 0 Å². The molecule has 26 heavy (non-hydrogen) atoms. The number of nitrogens with one attached hydrogen (secondary N) is 2. The predicted octanol–water partition coefficient (Wildman–Crippen LogP) is 2.00. The Morgan fingerprint density at radius 2 is 1.73 bits per heavy atom. The molecule has 1 heterocycles. The number of halogens is 3. The van der Waals surface area contributed by atoms with Crippen LogP contribution in [0.3, 0.4) is 0 Å². The van der Waals surface area contributed by atoms with Gasteiger partial charge < -0.3 is 5.32 Å². The van der Waals surface area contributed by atoms with Crippen molar-refractivity contribution in [2.24, 2.45) is 5.92 Å². The van der Waals surface area contributed by atoms with E-state index < -0.39 is 28.8 Å². The molecule has 1 fully saturated rings. The highest BCUT2D eigenvalue weighted by Gasteiger charge is 2.44. The summed E-state index contributed by atoms with van der Waals surface area (Å²) in [5.41, 5.74) is 0.993. The summed E-state index contributed by atoms with van der Waals surface area (Å²) in [6, 6.07) is 4.44. The highest BCUT2D eigenvalue weighted by Crippen LogP contribution is 2.25. The first-order valence-electron chi connectivity index (χ1n) is 8.69. The van der Waals surface area contributed by atoms with Gasteiger partial charge in [0.05, 0.1) is 4.90 Å². The highest BCUT2D eigenvalue weighted by molar-refractivity contribution is 7.89. The molecule has 0 saturated carbocycles. The van der Waals surface area contributed by atoms with Crippen molar-refractivity contribution in [2.45, 2.75) is 37.4 Å². The molecule has 0 radical (unpaired) electrons. The van der Waals surface area contributed by atoms with E-state index >= 15 is 0 Å². The first-order valence-corrected chi connectivity index (χ1v) is 10.2. The molecule has 1 atom stereocenters. The lowest BCUT2D eigenvalue weighted by molar-refractivity contribution is -0.182. The molecule has 9 heteroatoms. The Labute approximate surface area is 153 Å². The maximum absolute atomic E-state index is 13.4. The van der Waals surface area contributed by atoms with Crippen molar-refractivity contribution >= 4 is 10.0 Å². The Kier molecular flexibility index (Phi) is 7.06. The molecule has 5 nitrogen and oxygen atoms in total. The van der Waals surface area contributed by atoms with E-state index in [2.05, 4.69) is 23.9 Å². The second kappa shape index (κ2) is 8.69. The molecule has 2 rings (SSSR count). The van der Waals surface area contributed by atoms with Crippen LogP contribution in [0.4, 0.5) is 13.2 Å². The second-order valence-electron chi connectivity index (χ2n) is 6.94. The molecule has 1 aromatic rings. The number of nitrogens with zero attached hydrogens (tertiary/aromatic N) is 1. The zero-order valence-corrected chi connectivity index (χ0v) is 15.8. The fourth-order valence-corrected chi connectivity index (χ4v) is 4.03. The molecular weight excluding hydrogens is 367 g/mol. The lowest BCUT2D eigenvalue weighted by atomic mass is 10.0. The summed E-state index contributed by atoms with van der Waals surface area (Å²) < 4.78 is 66.9. The average Bonchev–Trinajstić information content (AvgIpc) is 2.54. The lowest BCUT2D eigenvalue weighted by Crippen LogP contribution is -2.57. The molecule has 0 amide bonds. The molecule has 148 valence electrons. The van der Waals surface area contributed by atoms with Gasteiger partial charge in [-0.3, -0.25) is 4.90 Å². The van der Waals surface area contributed by atoms with Gasteiger partial charge >= 0.3 is 6.18 Å². The normalized spacial score (nSPS) is 18.2. The predicted molar refractivity (Wildman–Crippen MR) is 94.5 cm³/mol. The number of benzene rings is 1. The third-order valence-electron chi connectivity index (χ3n) is 4.31. The fourth-order valence-electron chi connectivity index (χ4n) is 2.99. The van der Waals surface area contributed by atoms with Crippen molar-refractivity contribution in [3.8, 4) is 0 Å². The molecule has 1 aliphatic rings. The molecule has 1 aromatic carbocycles. The number of piperazine rings is 1. The van der Waals surface area contributed by atoms with Crippen molar-refractivity contribution in [3.05, 3.63) is 29.8 Å². The second-order valence-corrected chi connectivity index (χ2v) is 8.70. The minimum atomic E-state index is -4.50. The molecule has 0 aliphatic carbocycles. The van der Waals surface area contributed by atoms with Gasteiger partial charge in [-0.1, -0.05) is 26.0 Å². The van der Waals surface area contributed by atoms with Gasteiger partial charge in [0, 0.05) is 32.7 Å². The maximum Gasteiger partial charge on any atom is 0.405 e. The number of rotatable bonds is 7. The molecule has 0 spiro atoms. The summed E-state index contributed by atoms with van der Waals surface area (Å²) in [5.74, 6) is 0.433. The van der Waals surface area contributed by atoms with E-state index in [-0.39, 0.29) is 18.0 Å². The van der Waals surface area contributed by atoms with Crippen molar-refractivity contribution in [2.75, 3.05) is 32.7 Å². The maximum atomic E-state index is 13.4. The lowest BCUT2D eigenvalue weighted by Gasteiger charge is -2.35. The van der Waals surface area contributed by atoms with Crippen LogP contribution in [0.25, 0.3) is 0 Å². The van der Waals surface area contributed by atoms with Crippen LogP contribution in [-0.4, -0.2) is 58.3 Å². The third-order valence-corrected chi connectivity index (χ3v) is 5.75. The Bertz CT molecular complexity index is 669. The van der Waals surface area contributed by atoms with E-state index in [9.17, 15) is 21.6 Å². The minimum absolute atomic E-state index is 0.0220. The minimum Gasteiger partial charge on any atom is -0.314 e. The third kappa shape index (κ3) is 5.94. The van der Waals surface area contributed by atoms with Crippen LogP contribution in [0.5, 0.6) is 0 Å². The summed E-state index contributed by atoms with van der Waals surface area (Å²) in [6.07, 6.45) is -3.69. The molecular formula is C17H26F3N3O2S. The number of sulfonamides is 1. The Hall–Kier alpha value is -1.16. The van der Waals surface area contributed by atoms with Crippen LogP contribution < -0.4 is 10.0 Å². The van der Waals surface area contributed by atoms with E-state index in [1.54, 1.807) is 12.1 Å². The van der Waals surface area contributed by atoms with E-state index in [1.165, 1.54) is 17.0 Å². The fraction of sp³-hybridized carbons (Fsp3) is 0.647. The van der Waals surface area contributed by atoms with Crippen molar-refractivity contribution in [1.82, 2.24) is 14.9 Å². The van der Waals surface area contributed by atoms with Crippen LogP contribution in [0.2, 0.25) is 0 Å². The summed E-state index contributed by atoms with van der Waals surface area (Å²) in [5, 5.41) is 2.99. The van der Waals surface area contributed by atoms with Gasteiger partial charge in [-0.05, 0) is 30.0 Å². The summed E-state index contributed by atoms with van der Waals surface area (Å²) in [4.78, 5) is 1.25. The zero-order chi connectivity index (χ0) is 19.4. The van der Waals surface area contributed by atoms with Crippen LogP contribution in [0.1, 0.15) is 19.4 Å². The van der Waals surface area contributed by atoms with Crippen LogP contribution in [-0.2, 0) is 16.4 Å². The largest absolute Gasteiger partial charge is 0.405 e. The Morgan fingerprint density at radius 3 is 2.23 bits per heavy atom. The summed E-state index contributed by atoms with van der Waals surface area (Å²) in [6.45, 7) is 4.79. The van der Waals surface area contributed by atoms with E-state index in [0.29, 0.717) is 19.0 Å². The highest BCUT2D eigenvalue weighted by atomic mass is 32.2. The molecule has 2 N–H and O–H groups in total. The smallest absolute Gasteiger partial charge is 0.314 e. The van der Waals surface area contributed by atoms with E-state index in [1.807, 2.05) is 0 Å². The summed E-state index contributed by atoms with van der Waals surface area (Å²) >= 11 is 0. The molecule has 1 aliphatic heterocycles. The van der Waals surface area contributed by atoms with Gasteiger partial charge in [-0.25, -0.2) is 13.1 Å². The number of hydrogen-bond acceptors (Lipinski definition) is 4. The zero-order valence-electron chi connectivity index (χ0n) is 15.0. The van der Waals surface area contributed by atoms with Gasteiger partial charge in [-0.2, -0.15) is 13.2 Å². The topological polar surface area (TPSA) is 61.4 Å². The van der Waals surface area contributed by atoms with Crippen LogP contribution in [0, 0.1) is 5.92 Å². The Morgan fingerprint density at radius 1 is 1.15 bits per heavy atom. The monoisotopic (exact) mass is 393 g/mol. The quantitative estimate of drug-likeness (QED) is 0.744. The van der Waals surface area contributed by atoms with Crippen molar-refractivity contribution < 1.29 is 21.6 Å².